The lowest BCUT2D eigenvalue weighted by atomic mass is 10.1. The van der Waals surface area contributed by atoms with E-state index in [0.29, 0.717) is 0 Å². The van der Waals surface area contributed by atoms with Crippen molar-refractivity contribution in [3.63, 3.8) is 0 Å². The summed E-state index contributed by atoms with van der Waals surface area (Å²) in [5.74, 6) is -2.79. The summed E-state index contributed by atoms with van der Waals surface area (Å²) < 4.78 is 0. The van der Waals surface area contributed by atoms with Crippen LogP contribution in [0.5, 0.6) is 0 Å². The molecular weight excluding hydrogens is 174 g/mol. The molecular formula is C5H8ClNO4. The van der Waals surface area contributed by atoms with Gasteiger partial charge in [-0.3, -0.25) is 4.79 Å². The van der Waals surface area contributed by atoms with Crippen LogP contribution >= 0.6 is 12.4 Å². The quantitative estimate of drug-likeness (QED) is 0.508. The minimum atomic E-state index is -1.52. The molecule has 0 heterocycles. The van der Waals surface area contributed by atoms with E-state index in [2.05, 4.69) is 6.58 Å². The van der Waals surface area contributed by atoms with Gasteiger partial charge in [0.25, 0.3) is 0 Å². The van der Waals surface area contributed by atoms with Gasteiger partial charge < -0.3 is 15.9 Å². The van der Waals surface area contributed by atoms with Gasteiger partial charge in [0.2, 0.25) is 0 Å². The minimum absolute atomic E-state index is 0. The summed E-state index contributed by atoms with van der Waals surface area (Å²) in [4.78, 5) is 20.0. The standard InChI is InChI=1S/C5H7NO4.ClH/c1-2(4(7)8)3(6)5(9)10;/h3H,1,6H2,(H,7,8)(H,9,10);1H/t3-;/m0./s1. The van der Waals surface area contributed by atoms with Crippen molar-refractivity contribution in [3.05, 3.63) is 12.2 Å². The Morgan fingerprint density at radius 3 is 1.82 bits per heavy atom. The maximum absolute atomic E-state index is 10.0. The summed E-state index contributed by atoms with van der Waals surface area (Å²) >= 11 is 0. The second-order valence-corrected chi connectivity index (χ2v) is 1.65. The van der Waals surface area contributed by atoms with E-state index in [4.69, 9.17) is 15.9 Å². The van der Waals surface area contributed by atoms with Crippen LogP contribution in [0.2, 0.25) is 0 Å². The third kappa shape index (κ3) is 3.59. The van der Waals surface area contributed by atoms with Gasteiger partial charge in [0.1, 0.15) is 6.04 Å². The van der Waals surface area contributed by atoms with Crippen molar-refractivity contribution in [1.82, 2.24) is 0 Å². The lowest BCUT2D eigenvalue weighted by Crippen LogP contribution is -2.34. The van der Waals surface area contributed by atoms with Crippen LogP contribution in [0, 0.1) is 0 Å². The minimum Gasteiger partial charge on any atom is -0.480 e. The monoisotopic (exact) mass is 181 g/mol. The molecule has 0 rings (SSSR count). The van der Waals surface area contributed by atoms with E-state index in [1.807, 2.05) is 0 Å². The lowest BCUT2D eigenvalue weighted by molar-refractivity contribution is -0.140. The number of aliphatic carboxylic acids is 2. The molecule has 64 valence electrons. The summed E-state index contributed by atoms with van der Waals surface area (Å²) in [7, 11) is 0. The van der Waals surface area contributed by atoms with Crippen LogP contribution in [0.15, 0.2) is 12.2 Å². The van der Waals surface area contributed by atoms with Crippen LogP contribution in [0.4, 0.5) is 0 Å². The Kier molecular flexibility index (Phi) is 5.38. The molecule has 0 aliphatic heterocycles. The average Bonchev–Trinajstić information content (AvgIpc) is 1.84. The van der Waals surface area contributed by atoms with Crippen molar-refractivity contribution in [2.45, 2.75) is 6.04 Å². The van der Waals surface area contributed by atoms with Crippen LogP contribution in [-0.2, 0) is 9.59 Å². The number of rotatable bonds is 3. The van der Waals surface area contributed by atoms with Crippen molar-refractivity contribution >= 4 is 24.3 Å². The molecule has 0 saturated heterocycles. The van der Waals surface area contributed by atoms with E-state index >= 15 is 0 Å². The van der Waals surface area contributed by atoms with Crippen molar-refractivity contribution < 1.29 is 19.8 Å². The van der Waals surface area contributed by atoms with Gasteiger partial charge >= 0.3 is 11.9 Å². The predicted octanol–water partition coefficient (Wildman–Crippen LogP) is -0.539. The fourth-order valence-corrected chi connectivity index (χ4v) is 0.282. The second kappa shape index (κ2) is 4.70. The first-order chi connectivity index (χ1) is 4.46. The molecule has 0 amide bonds. The smallest absolute Gasteiger partial charge is 0.333 e. The van der Waals surface area contributed by atoms with E-state index in [1.165, 1.54) is 0 Å². The van der Waals surface area contributed by atoms with Crippen LogP contribution in [0.25, 0.3) is 0 Å². The van der Waals surface area contributed by atoms with E-state index < -0.39 is 23.6 Å². The van der Waals surface area contributed by atoms with Gasteiger partial charge in [0, 0.05) is 0 Å². The summed E-state index contributed by atoms with van der Waals surface area (Å²) in [6.07, 6.45) is 0. The molecule has 0 bridgehead atoms. The van der Waals surface area contributed by atoms with Gasteiger partial charge in [-0.25, -0.2) is 4.79 Å². The van der Waals surface area contributed by atoms with E-state index in [1.54, 1.807) is 0 Å². The number of hydrogen-bond acceptors (Lipinski definition) is 3. The Bertz CT molecular complexity index is 191. The maximum Gasteiger partial charge on any atom is 0.333 e. The number of carboxylic acid groups (broad SMARTS) is 2. The number of halogens is 1. The maximum atomic E-state index is 10.0. The molecule has 0 aromatic carbocycles. The van der Waals surface area contributed by atoms with Gasteiger partial charge in [0.15, 0.2) is 0 Å². The zero-order valence-electron chi connectivity index (χ0n) is 5.48. The van der Waals surface area contributed by atoms with E-state index in [-0.39, 0.29) is 12.4 Å². The van der Waals surface area contributed by atoms with Crippen molar-refractivity contribution in [3.8, 4) is 0 Å². The van der Waals surface area contributed by atoms with Gasteiger partial charge in [-0.05, 0) is 0 Å². The fourth-order valence-electron chi connectivity index (χ4n) is 0.282. The molecule has 0 aromatic heterocycles. The molecule has 0 aliphatic rings. The predicted molar refractivity (Wildman–Crippen MR) is 39.6 cm³/mol. The van der Waals surface area contributed by atoms with Crippen molar-refractivity contribution in [2.24, 2.45) is 5.73 Å². The first kappa shape index (κ1) is 12.6. The lowest BCUT2D eigenvalue weighted by Gasteiger charge is -2.03. The Balaban J connectivity index is 0. The second-order valence-electron chi connectivity index (χ2n) is 1.65. The van der Waals surface area contributed by atoms with Crippen LogP contribution in [0.1, 0.15) is 0 Å². The number of nitrogens with two attached hydrogens (primary N) is 1. The molecule has 11 heavy (non-hydrogen) atoms. The van der Waals surface area contributed by atoms with Crippen molar-refractivity contribution in [2.75, 3.05) is 0 Å². The molecule has 0 saturated carbocycles. The molecule has 4 N–H and O–H groups in total. The zero-order chi connectivity index (χ0) is 8.31. The van der Waals surface area contributed by atoms with Crippen LogP contribution in [-0.4, -0.2) is 28.2 Å². The SMILES string of the molecule is C=C(C(=O)O)[C@H](N)C(=O)O.Cl. The normalized spacial score (nSPS) is 11.0. The molecule has 0 radical (unpaired) electrons. The van der Waals surface area contributed by atoms with Gasteiger partial charge in [-0.1, -0.05) is 6.58 Å². The largest absolute Gasteiger partial charge is 0.480 e. The van der Waals surface area contributed by atoms with E-state index in [0.717, 1.165) is 0 Å². The number of carboxylic acids is 2. The Labute approximate surface area is 68.9 Å². The third-order valence-electron chi connectivity index (χ3n) is 0.916. The highest BCUT2D eigenvalue weighted by Crippen LogP contribution is 1.95. The first-order valence-electron chi connectivity index (χ1n) is 2.37. The highest BCUT2D eigenvalue weighted by atomic mass is 35.5. The van der Waals surface area contributed by atoms with Gasteiger partial charge in [-0.2, -0.15) is 0 Å². The highest BCUT2D eigenvalue weighted by molar-refractivity contribution is 5.95. The van der Waals surface area contributed by atoms with Crippen LogP contribution in [0.3, 0.4) is 0 Å². The number of carbonyl (C=O) groups is 2. The molecule has 5 nitrogen and oxygen atoms in total. The topological polar surface area (TPSA) is 101 Å². The molecule has 0 unspecified atom stereocenters. The summed E-state index contributed by atoms with van der Waals surface area (Å²) in [5, 5.41) is 16.3. The summed E-state index contributed by atoms with van der Waals surface area (Å²) in [6.45, 7) is 2.97. The summed E-state index contributed by atoms with van der Waals surface area (Å²) in [6, 6.07) is -1.52. The fraction of sp³-hybridized carbons (Fsp3) is 0.200. The molecule has 0 aromatic rings. The van der Waals surface area contributed by atoms with Crippen LogP contribution < -0.4 is 5.73 Å². The Morgan fingerprint density at radius 2 is 1.73 bits per heavy atom. The summed E-state index contributed by atoms with van der Waals surface area (Å²) in [5.41, 5.74) is 4.36. The van der Waals surface area contributed by atoms with Crippen molar-refractivity contribution in [1.29, 1.82) is 0 Å². The average molecular weight is 182 g/mol. The van der Waals surface area contributed by atoms with E-state index in [9.17, 15) is 9.59 Å². The Hall–Kier alpha value is -1.07. The van der Waals surface area contributed by atoms with Gasteiger partial charge in [-0.15, -0.1) is 12.4 Å². The first-order valence-corrected chi connectivity index (χ1v) is 2.37. The molecule has 0 spiro atoms. The zero-order valence-corrected chi connectivity index (χ0v) is 6.30. The Morgan fingerprint density at radius 1 is 1.36 bits per heavy atom. The van der Waals surface area contributed by atoms with Gasteiger partial charge in [0.05, 0.1) is 5.57 Å². The number of hydrogen-bond donors (Lipinski definition) is 3. The third-order valence-corrected chi connectivity index (χ3v) is 0.916. The molecule has 0 fully saturated rings. The highest BCUT2D eigenvalue weighted by Gasteiger charge is 2.20. The molecule has 6 heteroatoms. The molecule has 0 aliphatic carbocycles. The molecule has 1 atom stereocenters.